The Morgan fingerprint density at radius 2 is 2.20 bits per heavy atom. The van der Waals surface area contributed by atoms with Gasteiger partial charge in [0.15, 0.2) is 0 Å². The van der Waals surface area contributed by atoms with Gasteiger partial charge in [-0.1, -0.05) is 13.3 Å². The fourth-order valence-corrected chi connectivity index (χ4v) is 1.36. The molecule has 2 heteroatoms. The molecule has 0 aromatic heterocycles. The van der Waals surface area contributed by atoms with Gasteiger partial charge in [0.2, 0.25) is 0 Å². The molecule has 1 atom stereocenters. The summed E-state index contributed by atoms with van der Waals surface area (Å²) in [7, 11) is 0. The maximum atomic E-state index is 4.11. The van der Waals surface area contributed by atoms with E-state index in [1.54, 1.807) is 0 Å². The molecule has 1 aliphatic rings. The Morgan fingerprint density at radius 1 is 1.60 bits per heavy atom. The first-order valence-corrected chi connectivity index (χ1v) is 3.62. The number of hydrogen-bond acceptors (Lipinski definition) is 1. The second-order valence-corrected chi connectivity index (χ2v) is 2.80. The summed E-state index contributed by atoms with van der Waals surface area (Å²) in [6.07, 6.45) is 2.17. The van der Waals surface area contributed by atoms with Gasteiger partial charge in [0.05, 0.1) is 0 Å². The average Bonchev–Trinajstić information content (AvgIpc) is 1.85. The van der Waals surface area contributed by atoms with E-state index < -0.39 is 0 Å². The third kappa shape index (κ3) is 1.81. The van der Waals surface area contributed by atoms with Crippen molar-refractivity contribution in [1.29, 1.82) is 0 Å². The minimum atomic E-state index is 0. The molecule has 0 aromatic rings. The minimum Gasteiger partial charge on any atom is -0.344 e. The molecule has 57 valence electrons. The molecular weight excluding hydrogens is 199 g/mol. The van der Waals surface area contributed by atoms with Crippen LogP contribution in [-0.2, 0) is 32.7 Å². The molecule has 0 N–H and O–H groups in total. The van der Waals surface area contributed by atoms with Crippen LogP contribution in [-0.4, -0.2) is 23.5 Å². The monoisotopic (exact) mass is 214 g/mol. The van der Waals surface area contributed by atoms with Gasteiger partial charge >= 0.3 is 0 Å². The van der Waals surface area contributed by atoms with Gasteiger partial charge in [-0.2, -0.15) is 6.42 Å². The normalized spacial score (nSPS) is 32.7. The molecule has 0 spiro atoms. The molecule has 1 radical (unpaired) electrons. The zero-order chi connectivity index (χ0) is 6.91. The molecule has 1 aliphatic heterocycles. The summed E-state index contributed by atoms with van der Waals surface area (Å²) < 4.78 is 0. The minimum absolute atomic E-state index is 0. The average molecular weight is 214 g/mol. The summed E-state index contributed by atoms with van der Waals surface area (Å²) >= 11 is 0. The van der Waals surface area contributed by atoms with Crippen LogP contribution in [0.4, 0.5) is 0 Å². The molecule has 1 heterocycles. The molecule has 0 saturated carbocycles. The Bertz CT molecular complexity index is 99.4. The van der Waals surface area contributed by atoms with Crippen LogP contribution >= 0.6 is 0 Å². The summed E-state index contributed by atoms with van der Waals surface area (Å²) in [5, 5.41) is 0. The molecule has 0 aliphatic carbocycles. The Balaban J connectivity index is 0.000000810. The van der Waals surface area contributed by atoms with Crippen molar-refractivity contribution < 1.29 is 32.7 Å². The van der Waals surface area contributed by atoms with E-state index in [0.29, 0.717) is 0 Å². The van der Waals surface area contributed by atoms with Crippen molar-refractivity contribution in [3.8, 4) is 0 Å². The molecule has 0 aromatic carbocycles. The molecule has 1 fully saturated rings. The third-order valence-corrected chi connectivity index (χ3v) is 2.36. The molecule has 1 rings (SSSR count). The standard InChI is InChI=1S/C8H15N.Y/c1-4-8(3)6-7-9(8)5-2;/h1,3-7H2,2H3;/q-2;. The van der Waals surface area contributed by atoms with Crippen LogP contribution in [0.3, 0.4) is 0 Å². The Kier molecular flexibility index (Phi) is 4.62. The summed E-state index contributed by atoms with van der Waals surface area (Å²) in [5.74, 6) is 0. The van der Waals surface area contributed by atoms with Crippen molar-refractivity contribution in [2.24, 2.45) is 0 Å². The second kappa shape index (κ2) is 4.18. The van der Waals surface area contributed by atoms with Crippen molar-refractivity contribution in [2.45, 2.75) is 25.3 Å². The molecule has 10 heavy (non-hydrogen) atoms. The Hall–Kier alpha value is 1.06. The van der Waals surface area contributed by atoms with Crippen LogP contribution in [0.2, 0.25) is 0 Å². The maximum absolute atomic E-state index is 4.11. The number of rotatable bonds is 2. The van der Waals surface area contributed by atoms with Crippen molar-refractivity contribution in [1.82, 2.24) is 4.90 Å². The first-order chi connectivity index (χ1) is 4.23. The van der Waals surface area contributed by atoms with Crippen molar-refractivity contribution in [3.63, 3.8) is 0 Å². The van der Waals surface area contributed by atoms with Crippen LogP contribution in [0.5, 0.6) is 0 Å². The van der Waals surface area contributed by atoms with Crippen LogP contribution in [0.1, 0.15) is 19.8 Å². The fraction of sp³-hybridized carbons (Fsp3) is 0.750. The van der Waals surface area contributed by atoms with E-state index in [1.165, 1.54) is 13.0 Å². The zero-order valence-corrected chi connectivity index (χ0v) is 9.61. The van der Waals surface area contributed by atoms with Gasteiger partial charge < -0.3 is 18.7 Å². The van der Waals surface area contributed by atoms with Crippen LogP contribution in [0, 0.1) is 13.8 Å². The number of nitrogens with zero attached hydrogens (tertiary/aromatic N) is 1. The molecule has 0 amide bonds. The van der Waals surface area contributed by atoms with E-state index in [-0.39, 0.29) is 38.2 Å². The Labute approximate surface area is 89.4 Å². The number of hydrogen-bond donors (Lipinski definition) is 0. The molecule has 1 nitrogen and oxygen atoms in total. The third-order valence-electron chi connectivity index (χ3n) is 2.36. The van der Waals surface area contributed by atoms with Crippen LogP contribution in [0.25, 0.3) is 0 Å². The van der Waals surface area contributed by atoms with Crippen molar-refractivity contribution in [2.75, 3.05) is 13.1 Å². The predicted molar refractivity (Wildman–Crippen MR) is 39.9 cm³/mol. The van der Waals surface area contributed by atoms with E-state index in [1.807, 2.05) is 0 Å². The molecule has 1 unspecified atom stereocenters. The summed E-state index contributed by atoms with van der Waals surface area (Å²) in [5.41, 5.74) is 0.203. The van der Waals surface area contributed by atoms with E-state index in [2.05, 4.69) is 25.7 Å². The van der Waals surface area contributed by atoms with Gasteiger partial charge in [-0.25, -0.2) is 0 Å². The molecule has 1 saturated heterocycles. The van der Waals surface area contributed by atoms with Crippen molar-refractivity contribution in [3.05, 3.63) is 13.8 Å². The predicted octanol–water partition coefficient (Wildman–Crippen LogP) is 1.51. The zero-order valence-electron chi connectivity index (χ0n) is 6.77. The first-order valence-electron chi connectivity index (χ1n) is 3.62. The Morgan fingerprint density at radius 3 is 2.30 bits per heavy atom. The first kappa shape index (κ1) is 11.1. The van der Waals surface area contributed by atoms with Crippen molar-refractivity contribution >= 4 is 0 Å². The quantitative estimate of drug-likeness (QED) is 0.630. The smallest absolute Gasteiger partial charge is 0 e. The van der Waals surface area contributed by atoms with Gasteiger partial charge in [-0.15, -0.1) is 5.54 Å². The van der Waals surface area contributed by atoms with E-state index in [4.69, 9.17) is 0 Å². The van der Waals surface area contributed by atoms with Gasteiger partial charge in [-0.05, 0) is 13.1 Å². The summed E-state index contributed by atoms with van der Waals surface area (Å²) in [4.78, 5) is 2.38. The van der Waals surface area contributed by atoms with Gasteiger partial charge in [-0.3, -0.25) is 0 Å². The molecule has 0 bridgehead atoms. The van der Waals surface area contributed by atoms with Crippen LogP contribution in [0.15, 0.2) is 0 Å². The molecular formula is C8H15NY-2. The van der Waals surface area contributed by atoms with E-state index in [9.17, 15) is 0 Å². The fourth-order valence-electron chi connectivity index (χ4n) is 1.36. The van der Waals surface area contributed by atoms with E-state index in [0.717, 1.165) is 13.0 Å². The number of likely N-dealkylation sites (tertiary alicyclic amines) is 1. The van der Waals surface area contributed by atoms with Crippen LogP contribution < -0.4 is 0 Å². The largest absolute Gasteiger partial charge is 0.344 e. The second-order valence-electron chi connectivity index (χ2n) is 2.80. The maximum Gasteiger partial charge on any atom is 0 e. The summed E-state index contributed by atoms with van der Waals surface area (Å²) in [6, 6.07) is 0. The van der Waals surface area contributed by atoms with Gasteiger partial charge in [0.1, 0.15) is 0 Å². The van der Waals surface area contributed by atoms with E-state index >= 15 is 0 Å². The summed E-state index contributed by atoms with van der Waals surface area (Å²) in [6.45, 7) is 12.5. The SMILES string of the molecule is [CH2-]CC1([CH2-])CCN1CC.[Y]. The van der Waals surface area contributed by atoms with Gasteiger partial charge in [0.25, 0.3) is 0 Å². The van der Waals surface area contributed by atoms with Gasteiger partial charge in [0, 0.05) is 32.7 Å². The topological polar surface area (TPSA) is 3.24 Å².